The van der Waals surface area contributed by atoms with Crippen molar-refractivity contribution >= 4 is 17.5 Å². The summed E-state index contributed by atoms with van der Waals surface area (Å²) in [6.45, 7) is 5.29. The lowest BCUT2D eigenvalue weighted by atomic mass is 9.98. The van der Waals surface area contributed by atoms with Crippen molar-refractivity contribution in [1.82, 2.24) is 15.5 Å². The van der Waals surface area contributed by atoms with E-state index >= 15 is 0 Å². The van der Waals surface area contributed by atoms with Gasteiger partial charge in [0.1, 0.15) is 0 Å². The molecule has 0 bridgehead atoms. The van der Waals surface area contributed by atoms with Crippen molar-refractivity contribution in [2.24, 2.45) is 0 Å². The summed E-state index contributed by atoms with van der Waals surface area (Å²) < 4.78 is 0. The van der Waals surface area contributed by atoms with E-state index < -0.39 is 0 Å². The Bertz CT molecular complexity index is 707. The standard InChI is InChI=1S/C20H24ClN3O/c1-15-13-22-10-11-24(15)14-19(25)23-20(16-6-3-2-4-7-16)17-8-5-9-18(21)12-17/h2-9,12,15,20,22H,10-11,13-14H2,1H3,(H,23,25)/t15-,20?/m1/s1. The Morgan fingerprint density at radius 2 is 2.00 bits per heavy atom. The van der Waals surface area contributed by atoms with E-state index in [1.165, 1.54) is 0 Å². The van der Waals surface area contributed by atoms with Crippen LogP contribution >= 0.6 is 11.6 Å². The lowest BCUT2D eigenvalue weighted by molar-refractivity contribution is -0.123. The van der Waals surface area contributed by atoms with Gasteiger partial charge in [-0.2, -0.15) is 0 Å². The summed E-state index contributed by atoms with van der Waals surface area (Å²) in [4.78, 5) is 14.9. The molecular formula is C20H24ClN3O. The Morgan fingerprint density at radius 1 is 1.24 bits per heavy atom. The van der Waals surface area contributed by atoms with E-state index in [4.69, 9.17) is 11.6 Å². The van der Waals surface area contributed by atoms with Gasteiger partial charge in [0.25, 0.3) is 0 Å². The number of hydrogen-bond acceptors (Lipinski definition) is 3. The molecular weight excluding hydrogens is 334 g/mol. The number of rotatable bonds is 5. The smallest absolute Gasteiger partial charge is 0.234 e. The third-order valence-electron chi connectivity index (χ3n) is 4.61. The van der Waals surface area contributed by atoms with Crippen LogP contribution in [0.15, 0.2) is 54.6 Å². The second-order valence-corrected chi connectivity index (χ2v) is 6.93. The maximum Gasteiger partial charge on any atom is 0.234 e. The fraction of sp³-hybridized carbons (Fsp3) is 0.350. The predicted octanol–water partition coefficient (Wildman–Crippen LogP) is 2.84. The molecule has 5 heteroatoms. The molecule has 25 heavy (non-hydrogen) atoms. The van der Waals surface area contributed by atoms with E-state index in [1.807, 2.05) is 54.6 Å². The predicted molar refractivity (Wildman–Crippen MR) is 102 cm³/mol. The highest BCUT2D eigenvalue weighted by Crippen LogP contribution is 2.24. The lowest BCUT2D eigenvalue weighted by Gasteiger charge is -2.33. The first-order valence-corrected chi connectivity index (χ1v) is 9.06. The monoisotopic (exact) mass is 357 g/mol. The summed E-state index contributed by atoms with van der Waals surface area (Å²) >= 11 is 6.16. The highest BCUT2D eigenvalue weighted by atomic mass is 35.5. The van der Waals surface area contributed by atoms with Gasteiger partial charge >= 0.3 is 0 Å². The van der Waals surface area contributed by atoms with E-state index in [2.05, 4.69) is 22.5 Å². The van der Waals surface area contributed by atoms with Crippen LogP contribution in [0.5, 0.6) is 0 Å². The summed E-state index contributed by atoms with van der Waals surface area (Å²) in [5.74, 6) is 0.0302. The average molecular weight is 358 g/mol. The third kappa shape index (κ3) is 4.82. The van der Waals surface area contributed by atoms with E-state index in [1.54, 1.807) is 0 Å². The maximum absolute atomic E-state index is 12.7. The average Bonchev–Trinajstić information content (AvgIpc) is 2.62. The van der Waals surface area contributed by atoms with Crippen molar-refractivity contribution in [2.45, 2.75) is 19.0 Å². The number of benzene rings is 2. The summed E-state index contributed by atoms with van der Waals surface area (Å²) in [6, 6.07) is 17.8. The van der Waals surface area contributed by atoms with Crippen LogP contribution in [0.3, 0.4) is 0 Å². The molecule has 0 aromatic heterocycles. The number of carbonyl (C=O) groups excluding carboxylic acids is 1. The minimum Gasteiger partial charge on any atom is -0.344 e. The molecule has 2 aromatic carbocycles. The van der Waals surface area contributed by atoms with Crippen LogP contribution in [-0.4, -0.2) is 43.0 Å². The Hall–Kier alpha value is -1.88. The molecule has 132 valence electrons. The van der Waals surface area contributed by atoms with Gasteiger partial charge in [-0.3, -0.25) is 9.69 Å². The molecule has 1 aliphatic rings. The quantitative estimate of drug-likeness (QED) is 0.864. The van der Waals surface area contributed by atoms with Crippen LogP contribution in [0.1, 0.15) is 24.1 Å². The van der Waals surface area contributed by atoms with Crippen LogP contribution < -0.4 is 10.6 Å². The zero-order valence-electron chi connectivity index (χ0n) is 14.4. The minimum absolute atomic E-state index is 0.0302. The van der Waals surface area contributed by atoms with Crippen molar-refractivity contribution in [3.05, 3.63) is 70.7 Å². The fourth-order valence-corrected chi connectivity index (χ4v) is 3.40. The first-order chi connectivity index (χ1) is 12.1. The van der Waals surface area contributed by atoms with Crippen LogP contribution in [-0.2, 0) is 4.79 Å². The molecule has 1 fully saturated rings. The van der Waals surface area contributed by atoms with Crippen LogP contribution in [0, 0.1) is 0 Å². The second kappa shape index (κ2) is 8.48. The van der Waals surface area contributed by atoms with E-state index in [9.17, 15) is 4.79 Å². The fourth-order valence-electron chi connectivity index (χ4n) is 3.20. The molecule has 4 nitrogen and oxygen atoms in total. The zero-order valence-corrected chi connectivity index (χ0v) is 15.2. The van der Waals surface area contributed by atoms with Gasteiger partial charge in [0.05, 0.1) is 12.6 Å². The molecule has 2 N–H and O–H groups in total. The minimum atomic E-state index is -0.203. The van der Waals surface area contributed by atoms with E-state index in [0.29, 0.717) is 17.6 Å². The number of nitrogens with zero attached hydrogens (tertiary/aromatic N) is 1. The van der Waals surface area contributed by atoms with E-state index in [-0.39, 0.29) is 11.9 Å². The number of amides is 1. The van der Waals surface area contributed by atoms with Gasteiger partial charge in [-0.25, -0.2) is 0 Å². The van der Waals surface area contributed by atoms with Gasteiger partial charge in [0, 0.05) is 30.7 Å². The van der Waals surface area contributed by atoms with Crippen molar-refractivity contribution in [3.63, 3.8) is 0 Å². The first-order valence-electron chi connectivity index (χ1n) is 8.68. The van der Waals surface area contributed by atoms with E-state index in [0.717, 1.165) is 30.8 Å². The zero-order chi connectivity index (χ0) is 17.6. The molecule has 1 saturated heterocycles. The highest BCUT2D eigenvalue weighted by molar-refractivity contribution is 6.30. The molecule has 0 radical (unpaired) electrons. The second-order valence-electron chi connectivity index (χ2n) is 6.49. The number of nitrogens with one attached hydrogen (secondary N) is 2. The van der Waals surface area contributed by atoms with Crippen LogP contribution in [0.4, 0.5) is 0 Å². The molecule has 0 aliphatic carbocycles. The molecule has 1 amide bonds. The topological polar surface area (TPSA) is 44.4 Å². The number of carbonyl (C=O) groups is 1. The summed E-state index contributed by atoms with van der Waals surface area (Å²) in [5, 5.41) is 7.20. The van der Waals surface area contributed by atoms with Gasteiger partial charge in [0.2, 0.25) is 5.91 Å². The number of hydrogen-bond donors (Lipinski definition) is 2. The molecule has 2 atom stereocenters. The third-order valence-corrected chi connectivity index (χ3v) is 4.84. The van der Waals surface area contributed by atoms with Crippen molar-refractivity contribution in [2.75, 3.05) is 26.2 Å². The van der Waals surface area contributed by atoms with Crippen LogP contribution in [0.25, 0.3) is 0 Å². The molecule has 1 aliphatic heterocycles. The lowest BCUT2D eigenvalue weighted by Crippen LogP contribution is -2.53. The number of piperazine rings is 1. The van der Waals surface area contributed by atoms with Gasteiger partial charge in [-0.15, -0.1) is 0 Å². The molecule has 0 spiro atoms. The largest absolute Gasteiger partial charge is 0.344 e. The van der Waals surface area contributed by atoms with Crippen molar-refractivity contribution in [1.29, 1.82) is 0 Å². The van der Waals surface area contributed by atoms with Gasteiger partial charge in [-0.1, -0.05) is 54.1 Å². The Kier molecular flexibility index (Phi) is 6.08. The van der Waals surface area contributed by atoms with Crippen LogP contribution in [0.2, 0.25) is 5.02 Å². The Labute approximate surface area is 154 Å². The normalized spacial score (nSPS) is 19.4. The SMILES string of the molecule is C[C@@H]1CNCCN1CC(=O)NC(c1ccccc1)c1cccc(Cl)c1. The molecule has 1 unspecified atom stereocenters. The van der Waals surface area contributed by atoms with Crippen molar-refractivity contribution in [3.8, 4) is 0 Å². The highest BCUT2D eigenvalue weighted by Gasteiger charge is 2.23. The summed E-state index contributed by atoms with van der Waals surface area (Å²) in [7, 11) is 0. The molecule has 2 aromatic rings. The van der Waals surface area contributed by atoms with Crippen molar-refractivity contribution < 1.29 is 4.79 Å². The van der Waals surface area contributed by atoms with Gasteiger partial charge in [-0.05, 0) is 30.2 Å². The number of halogens is 1. The first kappa shape index (κ1) is 17.9. The molecule has 0 saturated carbocycles. The maximum atomic E-state index is 12.7. The van der Waals surface area contributed by atoms with Gasteiger partial charge < -0.3 is 10.6 Å². The molecule has 1 heterocycles. The Balaban J connectivity index is 1.77. The summed E-state index contributed by atoms with van der Waals surface area (Å²) in [6.07, 6.45) is 0. The Morgan fingerprint density at radius 3 is 2.72 bits per heavy atom. The van der Waals surface area contributed by atoms with Gasteiger partial charge in [0.15, 0.2) is 0 Å². The summed E-state index contributed by atoms with van der Waals surface area (Å²) in [5.41, 5.74) is 2.03. The molecule has 3 rings (SSSR count).